The Hall–Kier alpha value is -4.73. The van der Waals surface area contributed by atoms with E-state index in [4.69, 9.17) is 10.00 Å². The number of hydrogen-bond donors (Lipinski definition) is 2. The standard InChI is InChI=1S/C31H31F5N6O2/c1-19(2)30(32,33)18-44-26-15-20(3)27(38-25-6-4-5-23(16-25)31(34,35)36)41-29(40-26)39-24-11-13-42(14-12-24)28(43)22-9-7-21(17-37)8-10-22/h4-10,15-16,20,24H,1,11-14,18H2,2-3H3,(H2,38,39,40,41)/t20-/m0/s1. The van der Waals surface area contributed by atoms with E-state index in [1.165, 1.54) is 25.1 Å². The van der Waals surface area contributed by atoms with Gasteiger partial charge < -0.3 is 15.0 Å². The number of anilines is 1. The number of amides is 1. The molecule has 0 spiro atoms. The van der Waals surface area contributed by atoms with E-state index < -0.39 is 30.2 Å². The van der Waals surface area contributed by atoms with Gasteiger partial charge in [-0.1, -0.05) is 19.6 Å². The van der Waals surface area contributed by atoms with Crippen LogP contribution in [0, 0.1) is 17.2 Å². The molecule has 1 amide bonds. The van der Waals surface area contributed by atoms with Crippen LogP contribution >= 0.6 is 0 Å². The van der Waals surface area contributed by atoms with Crippen molar-refractivity contribution in [3.05, 3.63) is 89.3 Å². The third-order valence-electron chi connectivity index (χ3n) is 7.11. The van der Waals surface area contributed by atoms with Crippen LogP contribution in [0.1, 0.15) is 48.2 Å². The predicted molar refractivity (Wildman–Crippen MR) is 156 cm³/mol. The number of alkyl halides is 5. The summed E-state index contributed by atoms with van der Waals surface area (Å²) in [7, 11) is 0. The summed E-state index contributed by atoms with van der Waals surface area (Å²) < 4.78 is 73.7. The number of guanidine groups is 1. The van der Waals surface area contributed by atoms with Crippen molar-refractivity contribution in [1.29, 1.82) is 5.26 Å². The molecule has 44 heavy (non-hydrogen) atoms. The van der Waals surface area contributed by atoms with Gasteiger partial charge in [0.05, 0.1) is 23.2 Å². The fraction of sp³-hybridized carbons (Fsp3) is 0.355. The molecule has 0 radical (unpaired) electrons. The van der Waals surface area contributed by atoms with Crippen molar-refractivity contribution in [3.8, 4) is 6.07 Å². The van der Waals surface area contributed by atoms with Crippen molar-refractivity contribution in [2.75, 3.05) is 25.0 Å². The lowest BCUT2D eigenvalue weighted by Crippen LogP contribution is -2.40. The molecular weight excluding hydrogens is 583 g/mol. The Morgan fingerprint density at radius 3 is 2.48 bits per heavy atom. The zero-order valence-corrected chi connectivity index (χ0v) is 24.1. The van der Waals surface area contributed by atoms with Crippen LogP contribution in [0.25, 0.3) is 0 Å². The van der Waals surface area contributed by atoms with E-state index in [1.807, 2.05) is 6.07 Å². The summed E-state index contributed by atoms with van der Waals surface area (Å²) >= 11 is 0. The van der Waals surface area contributed by atoms with E-state index in [1.54, 1.807) is 36.1 Å². The summed E-state index contributed by atoms with van der Waals surface area (Å²) in [5.41, 5.74) is -0.184. The van der Waals surface area contributed by atoms with Crippen LogP contribution < -0.4 is 10.6 Å². The van der Waals surface area contributed by atoms with Gasteiger partial charge in [-0.15, -0.1) is 0 Å². The van der Waals surface area contributed by atoms with E-state index in [-0.39, 0.29) is 40.9 Å². The molecule has 0 aromatic heterocycles. The molecule has 2 aliphatic heterocycles. The van der Waals surface area contributed by atoms with Gasteiger partial charge in [0.15, 0.2) is 12.5 Å². The first-order valence-electron chi connectivity index (χ1n) is 13.8. The molecule has 2 aromatic carbocycles. The third-order valence-corrected chi connectivity index (χ3v) is 7.11. The number of ether oxygens (including phenoxy) is 1. The van der Waals surface area contributed by atoms with E-state index in [0.29, 0.717) is 37.1 Å². The minimum Gasteiger partial charge on any atom is -0.472 e. The number of hydrogen-bond acceptors (Lipinski definition) is 5. The van der Waals surface area contributed by atoms with Gasteiger partial charge in [-0.3, -0.25) is 10.1 Å². The third kappa shape index (κ3) is 8.21. The lowest BCUT2D eigenvalue weighted by atomic mass is 10.0. The molecule has 2 heterocycles. The minimum absolute atomic E-state index is 0.0191. The Morgan fingerprint density at radius 1 is 1.18 bits per heavy atom. The number of nitrogens with one attached hydrogen (secondary N) is 2. The minimum atomic E-state index is -4.55. The lowest BCUT2D eigenvalue weighted by Gasteiger charge is -2.30. The number of nitriles is 1. The highest BCUT2D eigenvalue weighted by Gasteiger charge is 2.33. The van der Waals surface area contributed by atoms with Crippen LogP contribution in [-0.4, -0.2) is 54.3 Å². The summed E-state index contributed by atoms with van der Waals surface area (Å²) in [6, 6.07) is 12.7. The molecule has 232 valence electrons. The van der Waals surface area contributed by atoms with E-state index in [0.717, 1.165) is 12.1 Å². The second-order valence-electron chi connectivity index (χ2n) is 10.6. The van der Waals surface area contributed by atoms with Crippen LogP contribution in [0.2, 0.25) is 0 Å². The Bertz CT molecular complexity index is 1520. The van der Waals surface area contributed by atoms with Crippen molar-refractivity contribution >= 4 is 23.4 Å². The van der Waals surface area contributed by atoms with Gasteiger partial charge >= 0.3 is 12.1 Å². The predicted octanol–water partition coefficient (Wildman–Crippen LogP) is 6.36. The monoisotopic (exact) mass is 614 g/mol. The molecule has 0 bridgehead atoms. The van der Waals surface area contributed by atoms with Crippen LogP contribution in [0.3, 0.4) is 0 Å². The van der Waals surface area contributed by atoms with E-state index in [9.17, 15) is 26.7 Å². The number of amidine groups is 1. The molecule has 1 fully saturated rings. The summed E-state index contributed by atoms with van der Waals surface area (Å²) in [4.78, 5) is 23.8. The second-order valence-corrected chi connectivity index (χ2v) is 10.6. The van der Waals surface area contributed by atoms with E-state index >= 15 is 0 Å². The number of halogens is 5. The van der Waals surface area contributed by atoms with Crippen LogP contribution in [0.4, 0.5) is 27.6 Å². The van der Waals surface area contributed by atoms with Gasteiger partial charge in [-0.05, 0) is 73.9 Å². The van der Waals surface area contributed by atoms with Crippen molar-refractivity contribution in [2.24, 2.45) is 15.9 Å². The number of carbonyl (C=O) groups excluding carboxylic acids is 1. The molecular formula is C31H31F5N6O2. The van der Waals surface area contributed by atoms with Crippen molar-refractivity contribution in [2.45, 2.75) is 44.8 Å². The highest BCUT2D eigenvalue weighted by molar-refractivity contribution is 6.06. The molecule has 1 atom stereocenters. The highest BCUT2D eigenvalue weighted by Crippen LogP contribution is 2.31. The topological polar surface area (TPSA) is 102 Å². The molecule has 4 rings (SSSR count). The van der Waals surface area contributed by atoms with Crippen LogP contribution in [0.15, 0.2) is 82.6 Å². The van der Waals surface area contributed by atoms with Gasteiger partial charge in [0.25, 0.3) is 5.91 Å². The number of rotatable bonds is 7. The second kappa shape index (κ2) is 13.3. The molecule has 2 N–H and O–H groups in total. The largest absolute Gasteiger partial charge is 0.472 e. The summed E-state index contributed by atoms with van der Waals surface area (Å²) in [6.45, 7) is 5.95. The molecule has 2 aliphatic rings. The number of piperidine rings is 1. The number of carbonyl (C=O) groups is 1. The van der Waals surface area contributed by atoms with Gasteiger partial charge in [0, 0.05) is 30.3 Å². The Balaban J connectivity index is 1.54. The zero-order chi connectivity index (χ0) is 32.1. The zero-order valence-electron chi connectivity index (χ0n) is 24.1. The quantitative estimate of drug-likeness (QED) is 0.279. The van der Waals surface area contributed by atoms with Crippen molar-refractivity contribution < 1.29 is 31.5 Å². The normalized spacial score (nSPS) is 18.8. The number of aliphatic imine (C=N–C) groups is 2. The first-order chi connectivity index (χ1) is 20.7. The van der Waals surface area contributed by atoms with Crippen molar-refractivity contribution in [3.63, 3.8) is 0 Å². The molecule has 0 saturated carbocycles. The molecule has 1 saturated heterocycles. The SMILES string of the molecule is C=C(C)C(F)(F)COC1=C[C@H](C)C(Nc2cccc(C(F)(F)F)c2)=NC(=NC2CCN(C(=O)c3ccc(C#N)cc3)CC2)N1. The molecule has 13 heteroatoms. The fourth-order valence-electron chi connectivity index (χ4n) is 4.44. The summed E-state index contributed by atoms with van der Waals surface area (Å²) in [6.07, 6.45) is -2.12. The number of nitrogens with zero attached hydrogens (tertiary/aromatic N) is 4. The summed E-state index contributed by atoms with van der Waals surface area (Å²) in [5.74, 6) is -3.88. The Labute approximate surface area is 251 Å². The molecule has 2 aromatic rings. The maximum Gasteiger partial charge on any atom is 0.416 e. The lowest BCUT2D eigenvalue weighted by molar-refractivity contribution is -0.137. The maximum absolute atomic E-state index is 14.2. The molecule has 8 nitrogen and oxygen atoms in total. The first kappa shape index (κ1) is 32.2. The maximum atomic E-state index is 14.2. The fourth-order valence-corrected chi connectivity index (χ4v) is 4.44. The van der Waals surface area contributed by atoms with Gasteiger partial charge in [-0.25, -0.2) is 4.99 Å². The van der Waals surface area contributed by atoms with E-state index in [2.05, 4.69) is 27.2 Å². The Morgan fingerprint density at radius 2 is 1.86 bits per heavy atom. The Kier molecular flexibility index (Phi) is 9.71. The average molecular weight is 615 g/mol. The average Bonchev–Trinajstić information content (AvgIpc) is 3.13. The smallest absolute Gasteiger partial charge is 0.416 e. The van der Waals surface area contributed by atoms with Crippen LogP contribution in [-0.2, 0) is 10.9 Å². The van der Waals surface area contributed by atoms with Gasteiger partial charge in [0.1, 0.15) is 5.84 Å². The van der Waals surface area contributed by atoms with Crippen LogP contribution in [0.5, 0.6) is 0 Å². The summed E-state index contributed by atoms with van der Waals surface area (Å²) in [5, 5.41) is 14.7. The first-order valence-corrected chi connectivity index (χ1v) is 13.8. The van der Waals surface area contributed by atoms with Gasteiger partial charge in [0.2, 0.25) is 5.96 Å². The number of likely N-dealkylation sites (tertiary alicyclic amines) is 1. The van der Waals surface area contributed by atoms with Crippen molar-refractivity contribution in [1.82, 2.24) is 10.2 Å². The highest BCUT2D eigenvalue weighted by atomic mass is 19.4. The number of benzene rings is 2. The van der Waals surface area contributed by atoms with Gasteiger partial charge in [-0.2, -0.15) is 32.2 Å². The molecule has 0 aliphatic carbocycles. The molecule has 0 unspecified atom stereocenters.